The van der Waals surface area contributed by atoms with Crippen molar-refractivity contribution in [1.82, 2.24) is 69.2 Å². The molecule has 35 nitrogen and oxygen atoms in total. The number of aromatic amines is 1. The first-order valence-electron chi connectivity index (χ1n) is 41.0. The number of nitrogens with zero attached hydrogens (tertiary/aromatic N) is 13. The number of aryl methyl sites for hydroxylation is 4. The van der Waals surface area contributed by atoms with Crippen molar-refractivity contribution < 1.29 is 167 Å². The molecule has 0 spiro atoms. The molecule has 7 heterocycles. The van der Waals surface area contributed by atoms with Gasteiger partial charge in [0.15, 0.2) is 5.15 Å². The number of aliphatic hydroxyl groups excluding tert-OH is 1. The number of unbranched alkanes of at least 4 members (excludes halogenated alkanes) is 1. The second-order valence-corrected chi connectivity index (χ2v) is 28.8. The van der Waals surface area contributed by atoms with Crippen molar-refractivity contribution in [3.05, 3.63) is 376 Å². The Hall–Kier alpha value is -12.9. The van der Waals surface area contributed by atoms with E-state index in [1.165, 1.54) is 45.9 Å². The van der Waals surface area contributed by atoms with Crippen molar-refractivity contribution in [2.24, 2.45) is 0 Å². The second-order valence-electron chi connectivity index (χ2n) is 27.3. The number of hydrogen-bond donors (Lipinski definition) is 6. The van der Waals surface area contributed by atoms with Gasteiger partial charge in [-0.25, -0.2) is 38.5 Å². The molecule has 137 heavy (non-hydrogen) atoms. The average molecular weight is 2020 g/mol. The van der Waals surface area contributed by atoms with Crippen LogP contribution in [0.15, 0.2) is 287 Å². The normalized spacial score (nSPS) is 9.55. The molecule has 0 atom stereocenters. The molecule has 0 fully saturated rings. The standard InChI is InChI=1S/C29H25N5O4.C21H23N5O2.C16H15N3O3.C13H11ClN2O.C8H7ClO2.C4H5Br.C4H5N3O.CH2O3.CH4O.2K.H/c35-26(19-22-9-3-1-4-10-22)20-25-15-14-24(32-33-25)13-7-8-17-34-18-16-27(30-28(34)36)31-29(37)38-21-23-11-5-2-6-12-23;22-20-11-13-26(21(28)23-20)12-5-4-8-17-9-10-18(25-24-17)15-19(27)14-16-6-2-1-3-7-16;1-2-3-10-19-11-9-14(17-15(19)20)18-16(21)22-12-13-7-5-4-6-8-13;14-13-7-6-11(15-16-13)9-12(17)8-10-4-2-1-3-5-10;9-8(10)11-6-7-4-2-1-3-5-7;1-2-3-4-5;5-3-1-2-6-4(8)7-3;2-1-4-3;1-2;;;/h1-6,9-12,14-16,18H,8,17,19-21H2,(H,30,31,36,37);1-3,6-7,9-11,13H,4-5,8,12,14-15H2,(H2,22,23,28);1,4-9,11H,3,10,12H2,(H,17,18,20,21);1-7H,8-9H2;1-5H,6H2;1H,3-4H2;1-2H,(H3,5,6,7,8);1,3H;2H,1H3;;;/q;;;;;;;;;2*+1;-1/p-1. The quantitative estimate of drug-likeness (QED) is 0.00357. The van der Waals surface area contributed by atoms with Crippen molar-refractivity contribution >= 4 is 104 Å². The van der Waals surface area contributed by atoms with Gasteiger partial charge in [-0.15, -0.1) is 34.9 Å². The fourth-order valence-electron chi connectivity index (χ4n) is 10.8. The van der Waals surface area contributed by atoms with Crippen LogP contribution in [-0.2, 0) is 123 Å². The van der Waals surface area contributed by atoms with Gasteiger partial charge in [-0.1, -0.05) is 215 Å². The van der Waals surface area contributed by atoms with E-state index in [2.05, 4.69) is 115 Å². The Labute approximate surface area is 894 Å². The molecule has 40 heteroatoms. The number of terminal acetylenes is 2. The van der Waals surface area contributed by atoms with Gasteiger partial charge in [-0.2, -0.15) is 35.3 Å². The number of nitrogens with two attached hydrogens (primary N) is 2. The van der Waals surface area contributed by atoms with E-state index in [1.54, 1.807) is 41.1 Å². The van der Waals surface area contributed by atoms with Crippen LogP contribution in [0.3, 0.4) is 0 Å². The van der Waals surface area contributed by atoms with Gasteiger partial charge in [0.2, 0.25) is 0 Å². The summed E-state index contributed by atoms with van der Waals surface area (Å²) in [4.78, 5) is 144. The maximum atomic E-state index is 12.3. The van der Waals surface area contributed by atoms with Gasteiger partial charge in [-0.05, 0) is 119 Å². The fourth-order valence-corrected chi connectivity index (χ4v) is 11.2. The van der Waals surface area contributed by atoms with Gasteiger partial charge >= 0.3 is 143 Å². The van der Waals surface area contributed by atoms with Gasteiger partial charge in [-0.3, -0.25) is 48.5 Å². The molecule has 0 saturated carbocycles. The molecule has 0 unspecified atom stereocenters. The smallest absolute Gasteiger partial charge is 1.00 e. The molecule has 0 aliphatic heterocycles. The molecule has 13 aromatic rings. The van der Waals surface area contributed by atoms with Gasteiger partial charge in [0.05, 0.1) is 42.0 Å². The number of halogens is 3. The molecule has 0 radical (unpaired) electrons. The SMILES string of the molecule is C#CCCBr.C#CCCn1ccc(NC(=O)OCc2ccccc2)nc1=O.CO.Nc1ccn(CCCCc2ccc(CC(=O)Cc3ccccc3)nn2)c(=O)n1.Nc1ccnc(=O)[nH]1.O=C(Cc1ccccc1)Cc1ccc(C#CCCn2ccc(NC(=O)OCc3ccccc3)nc2=O)nn1.O=C(Cc1ccccc1)Cc1ccc(Cl)nn1.O=C(Cl)OCc1ccccc1.O=CO[O-].[H-].[K+].[K+]. The van der Waals surface area contributed by atoms with E-state index in [4.69, 9.17) is 72.1 Å². The summed E-state index contributed by atoms with van der Waals surface area (Å²) in [6.45, 7) is 1.61. The Balaban J connectivity index is 0.000000573. The molecule has 0 bridgehead atoms. The van der Waals surface area contributed by atoms with Crippen LogP contribution < -0.4 is 153 Å². The third-order valence-corrected chi connectivity index (χ3v) is 17.7. The molecule has 13 rings (SSSR count). The van der Waals surface area contributed by atoms with Gasteiger partial charge in [0.1, 0.15) is 66.1 Å². The Morgan fingerprint density at radius 1 is 0.482 bits per heavy atom. The van der Waals surface area contributed by atoms with Crippen LogP contribution in [-0.4, -0.2) is 128 Å². The number of rotatable bonds is 31. The number of carbonyl (C=O) groups is 7. The van der Waals surface area contributed by atoms with Crippen LogP contribution in [0.5, 0.6) is 0 Å². The largest absolute Gasteiger partial charge is 1.00 e. The predicted molar refractivity (Wildman–Crippen MR) is 511 cm³/mol. The summed E-state index contributed by atoms with van der Waals surface area (Å²) >= 11 is 13.8. The molecule has 0 aliphatic carbocycles. The zero-order valence-electron chi connectivity index (χ0n) is 76.2. The van der Waals surface area contributed by atoms with E-state index in [-0.39, 0.29) is 184 Å². The maximum absolute atomic E-state index is 12.3. The molecule has 0 aliphatic rings. The van der Waals surface area contributed by atoms with E-state index in [1.807, 2.05) is 194 Å². The first-order valence-corrected chi connectivity index (χ1v) is 42.8. The monoisotopic (exact) mass is 2010 g/mol. The molecule has 700 valence electrons. The summed E-state index contributed by atoms with van der Waals surface area (Å²) in [6.07, 6.45) is 20.8. The number of nitrogen functional groups attached to an aromatic ring is 2. The summed E-state index contributed by atoms with van der Waals surface area (Å²) in [6, 6.07) is 73.5. The average Bonchev–Trinajstić information content (AvgIpc) is 0.868. The van der Waals surface area contributed by atoms with Crippen LogP contribution in [0.25, 0.3) is 0 Å². The van der Waals surface area contributed by atoms with Gasteiger partial charge < -0.3 is 42.4 Å². The summed E-state index contributed by atoms with van der Waals surface area (Å²) < 4.78 is 19.0. The van der Waals surface area contributed by atoms with E-state index in [9.17, 15) is 47.9 Å². The first kappa shape index (κ1) is 118. The number of anilines is 4. The first-order chi connectivity index (χ1) is 65.5. The minimum Gasteiger partial charge on any atom is -1.00 e. The second kappa shape index (κ2) is 72.5. The number of benzene rings is 6. The third-order valence-electron chi connectivity index (χ3n) is 17.0. The number of Topliss-reactive ketones (excluding diaryl/α,β-unsaturated/α-hetero) is 3. The summed E-state index contributed by atoms with van der Waals surface area (Å²) in [5, 5.41) is 45.6. The number of aromatic nitrogens is 14. The minimum absolute atomic E-state index is 0. The van der Waals surface area contributed by atoms with Crippen LogP contribution in [0.1, 0.15) is 95.4 Å². The number of alkyl halides is 1. The maximum Gasteiger partial charge on any atom is 1.00 e. The Morgan fingerprint density at radius 3 is 1.21 bits per heavy atom. The van der Waals surface area contributed by atoms with Crippen molar-refractivity contribution in [3.63, 3.8) is 0 Å². The Kier molecular flexibility index (Phi) is 62.6. The van der Waals surface area contributed by atoms with E-state index < -0.39 is 34.7 Å². The van der Waals surface area contributed by atoms with Crippen LogP contribution in [0, 0.1) is 36.5 Å². The summed E-state index contributed by atoms with van der Waals surface area (Å²) in [5.41, 5.74) is 17.1. The van der Waals surface area contributed by atoms with Crippen LogP contribution >= 0.6 is 39.1 Å². The fraction of sp³-hybridized carbons (Fsp3) is 0.206. The number of aliphatic hydroxyl groups is 1. The summed E-state index contributed by atoms with van der Waals surface area (Å²) in [7, 11) is 1.00. The molecular formula is C97H97BrCl2K2N18O17. The third kappa shape index (κ3) is 54.4. The van der Waals surface area contributed by atoms with Crippen LogP contribution in [0.4, 0.5) is 37.7 Å². The predicted octanol–water partition coefficient (Wildman–Crippen LogP) is 5.55. The number of H-pyrrole nitrogens is 1. The van der Waals surface area contributed by atoms with E-state index in [0.29, 0.717) is 91.9 Å². The molecule has 8 N–H and O–H groups in total. The number of ether oxygens (including phenoxy) is 3. The number of nitrogens with one attached hydrogen (secondary N) is 3. The molecule has 7 aromatic heterocycles. The molecule has 0 saturated heterocycles. The molecule has 6 aromatic carbocycles. The Bertz CT molecular complexity index is 6170. The summed E-state index contributed by atoms with van der Waals surface area (Å²) in [5.74, 6) is 11.9. The molecule has 2 amide bonds. The van der Waals surface area contributed by atoms with Crippen molar-refractivity contribution in [2.45, 2.75) is 117 Å². The van der Waals surface area contributed by atoms with E-state index >= 15 is 0 Å². The number of amides is 2. The number of ketones is 3. The zero-order valence-corrected chi connectivity index (χ0v) is 84.5. The number of hydrogen-bond acceptors (Lipinski definition) is 29. The Morgan fingerprint density at radius 2 is 0.861 bits per heavy atom. The van der Waals surface area contributed by atoms with Crippen molar-refractivity contribution in [2.75, 3.05) is 34.5 Å². The van der Waals surface area contributed by atoms with Crippen LogP contribution in [0.2, 0.25) is 5.15 Å². The molecular weight excluding hydrogens is 1920 g/mol. The van der Waals surface area contributed by atoms with Gasteiger partial charge in [0, 0.05) is 107 Å². The number of carbonyl (C=O) groups excluding carboxylic acids is 7. The van der Waals surface area contributed by atoms with Gasteiger partial charge in [0.25, 0.3) is 6.47 Å². The zero-order chi connectivity index (χ0) is 97.8. The van der Waals surface area contributed by atoms with Crippen molar-refractivity contribution in [1.29, 1.82) is 0 Å². The van der Waals surface area contributed by atoms with Crippen molar-refractivity contribution in [3.8, 4) is 36.5 Å². The van der Waals surface area contributed by atoms with E-state index in [0.717, 1.165) is 77.2 Å². The minimum atomic E-state index is -0.770. The topological polar surface area (TPSA) is 504 Å².